The number of fused-ring (bicyclic) bond motifs is 1. The van der Waals surface area contributed by atoms with Gasteiger partial charge in [-0.15, -0.1) is 0 Å². The zero-order chi connectivity index (χ0) is 20.6. The molecule has 4 rings (SSSR count). The van der Waals surface area contributed by atoms with Gasteiger partial charge in [-0.3, -0.25) is 4.79 Å². The number of carbonyl (C=O) groups excluding carboxylic acids is 2. The summed E-state index contributed by atoms with van der Waals surface area (Å²) < 4.78 is 5.62. The average molecular weight is 392 g/mol. The molecule has 1 aliphatic heterocycles. The first-order chi connectivity index (χ1) is 13.8. The Hall–Kier alpha value is -2.62. The summed E-state index contributed by atoms with van der Waals surface area (Å²) >= 11 is 0. The summed E-state index contributed by atoms with van der Waals surface area (Å²) in [7, 11) is 0. The second-order valence-electron chi connectivity index (χ2n) is 9.27. The molecule has 2 aromatic rings. The molecule has 29 heavy (non-hydrogen) atoms. The van der Waals surface area contributed by atoms with Gasteiger partial charge in [0, 0.05) is 36.8 Å². The maximum absolute atomic E-state index is 12.9. The van der Waals surface area contributed by atoms with Crippen LogP contribution in [0, 0.1) is 11.8 Å². The molecule has 0 bridgehead atoms. The second-order valence-corrected chi connectivity index (χ2v) is 9.27. The lowest BCUT2D eigenvalue weighted by molar-refractivity contribution is -0.126. The first kappa shape index (κ1) is 19.7. The lowest BCUT2D eigenvalue weighted by atomic mass is 9.56. The van der Waals surface area contributed by atoms with Crippen molar-refractivity contribution in [2.75, 3.05) is 13.1 Å². The maximum atomic E-state index is 12.9. The van der Waals surface area contributed by atoms with Crippen molar-refractivity contribution in [1.29, 1.82) is 0 Å². The molecule has 4 nitrogen and oxygen atoms in total. The summed E-state index contributed by atoms with van der Waals surface area (Å²) in [6, 6.07) is 20.9. The van der Waals surface area contributed by atoms with E-state index >= 15 is 0 Å². The molecule has 152 valence electrons. The van der Waals surface area contributed by atoms with Crippen LogP contribution in [0.25, 0.3) is 0 Å². The van der Waals surface area contributed by atoms with Gasteiger partial charge < -0.3 is 9.64 Å². The van der Waals surface area contributed by atoms with E-state index < -0.39 is 5.60 Å². The summed E-state index contributed by atoms with van der Waals surface area (Å²) in [4.78, 5) is 27.4. The van der Waals surface area contributed by atoms with Crippen LogP contribution < -0.4 is 0 Å². The Labute approximate surface area is 172 Å². The fourth-order valence-electron chi connectivity index (χ4n) is 5.15. The molecule has 2 unspecified atom stereocenters. The van der Waals surface area contributed by atoms with Crippen LogP contribution in [0.3, 0.4) is 0 Å². The highest BCUT2D eigenvalue weighted by molar-refractivity contribution is 5.85. The summed E-state index contributed by atoms with van der Waals surface area (Å²) in [5.41, 5.74) is 1.61. The molecule has 0 N–H and O–H groups in total. The number of ether oxygens (including phenoxy) is 1. The van der Waals surface area contributed by atoms with Crippen molar-refractivity contribution in [3.63, 3.8) is 0 Å². The highest BCUT2D eigenvalue weighted by Crippen LogP contribution is 2.52. The van der Waals surface area contributed by atoms with E-state index in [4.69, 9.17) is 4.74 Å². The van der Waals surface area contributed by atoms with E-state index in [1.807, 2.05) is 32.9 Å². The van der Waals surface area contributed by atoms with E-state index in [9.17, 15) is 9.59 Å². The van der Waals surface area contributed by atoms with Gasteiger partial charge in [-0.05, 0) is 38.3 Å². The van der Waals surface area contributed by atoms with Crippen LogP contribution in [0.15, 0.2) is 60.7 Å². The number of Topliss-reactive ketones (excluding diaryl/α,β-unsaturated/α-hetero) is 1. The predicted molar refractivity (Wildman–Crippen MR) is 113 cm³/mol. The van der Waals surface area contributed by atoms with Gasteiger partial charge >= 0.3 is 6.09 Å². The zero-order valence-electron chi connectivity index (χ0n) is 17.4. The van der Waals surface area contributed by atoms with Crippen LogP contribution in [-0.2, 0) is 14.9 Å². The molecule has 0 radical (unpaired) electrons. The van der Waals surface area contributed by atoms with Crippen LogP contribution in [0.5, 0.6) is 0 Å². The molecule has 2 aromatic carbocycles. The number of rotatable bonds is 2. The maximum Gasteiger partial charge on any atom is 0.410 e. The topological polar surface area (TPSA) is 46.6 Å². The Kier molecular flexibility index (Phi) is 4.97. The molecule has 1 amide bonds. The van der Waals surface area contributed by atoms with Gasteiger partial charge in [0.25, 0.3) is 0 Å². The lowest BCUT2D eigenvalue weighted by Gasteiger charge is -2.45. The van der Waals surface area contributed by atoms with E-state index in [-0.39, 0.29) is 29.1 Å². The number of amides is 1. The molecule has 1 heterocycles. The third kappa shape index (κ3) is 3.57. The van der Waals surface area contributed by atoms with E-state index in [1.165, 1.54) is 11.1 Å². The number of ketones is 1. The molecule has 2 fully saturated rings. The van der Waals surface area contributed by atoms with Gasteiger partial charge in [-0.1, -0.05) is 60.7 Å². The van der Waals surface area contributed by atoms with Gasteiger partial charge in [0.05, 0.1) is 0 Å². The van der Waals surface area contributed by atoms with Crippen molar-refractivity contribution < 1.29 is 14.3 Å². The van der Waals surface area contributed by atoms with Crippen molar-refractivity contribution in [2.45, 2.75) is 44.6 Å². The summed E-state index contributed by atoms with van der Waals surface area (Å²) in [5.74, 6) is 0.154. The first-order valence-corrected chi connectivity index (χ1v) is 10.4. The largest absolute Gasteiger partial charge is 0.444 e. The Bertz CT molecular complexity index is 846. The molecule has 2 aliphatic rings. The standard InChI is InChI=1S/C25H29NO3/c1-24(2,3)29-23(28)26-16-20-21(17-26)25(15-14-22(20)27,18-10-6-4-7-11-18)19-12-8-5-9-13-19/h4-13,20-21H,14-17H2,1-3H3. The molecule has 4 heteroatoms. The van der Waals surface area contributed by atoms with Crippen LogP contribution in [0.2, 0.25) is 0 Å². The smallest absolute Gasteiger partial charge is 0.410 e. The summed E-state index contributed by atoms with van der Waals surface area (Å²) in [5, 5.41) is 0. The fraction of sp³-hybridized carbons (Fsp3) is 0.440. The number of carbonyl (C=O) groups is 2. The van der Waals surface area contributed by atoms with Crippen molar-refractivity contribution in [3.05, 3.63) is 71.8 Å². The number of nitrogens with zero attached hydrogens (tertiary/aromatic N) is 1. The molecule has 1 aliphatic carbocycles. The average Bonchev–Trinajstić information content (AvgIpc) is 3.16. The van der Waals surface area contributed by atoms with Crippen molar-refractivity contribution >= 4 is 11.9 Å². The molecule has 2 atom stereocenters. The Morgan fingerprint density at radius 1 is 0.966 bits per heavy atom. The molecular weight excluding hydrogens is 362 g/mol. The monoisotopic (exact) mass is 391 g/mol. The van der Waals surface area contributed by atoms with E-state index in [0.29, 0.717) is 19.5 Å². The number of benzene rings is 2. The van der Waals surface area contributed by atoms with E-state index in [2.05, 4.69) is 48.5 Å². The zero-order valence-corrected chi connectivity index (χ0v) is 17.4. The molecule has 1 saturated heterocycles. The third-order valence-corrected chi connectivity index (χ3v) is 6.36. The van der Waals surface area contributed by atoms with Crippen molar-refractivity contribution in [2.24, 2.45) is 11.8 Å². The normalized spacial score (nSPS) is 23.6. The Balaban J connectivity index is 1.77. The van der Waals surface area contributed by atoms with Crippen LogP contribution in [0.1, 0.15) is 44.7 Å². The third-order valence-electron chi connectivity index (χ3n) is 6.36. The quantitative estimate of drug-likeness (QED) is 0.737. The minimum Gasteiger partial charge on any atom is -0.444 e. The number of likely N-dealkylation sites (tertiary alicyclic amines) is 1. The van der Waals surface area contributed by atoms with Crippen molar-refractivity contribution in [1.82, 2.24) is 4.90 Å². The molecule has 0 aromatic heterocycles. The van der Waals surface area contributed by atoms with Crippen LogP contribution >= 0.6 is 0 Å². The Morgan fingerprint density at radius 2 is 1.52 bits per heavy atom. The first-order valence-electron chi connectivity index (χ1n) is 10.4. The summed E-state index contributed by atoms with van der Waals surface area (Å²) in [6.45, 7) is 6.60. The lowest BCUT2D eigenvalue weighted by Crippen LogP contribution is -2.47. The van der Waals surface area contributed by atoms with Gasteiger partial charge in [0.15, 0.2) is 0 Å². The highest BCUT2D eigenvalue weighted by atomic mass is 16.6. The predicted octanol–water partition coefficient (Wildman–Crippen LogP) is 4.82. The van der Waals surface area contributed by atoms with E-state index in [0.717, 1.165) is 6.42 Å². The van der Waals surface area contributed by atoms with Gasteiger partial charge in [0.2, 0.25) is 0 Å². The molecule has 1 saturated carbocycles. The minimum absolute atomic E-state index is 0.0427. The minimum atomic E-state index is -0.551. The molecular formula is C25H29NO3. The summed E-state index contributed by atoms with van der Waals surface area (Å²) in [6.07, 6.45) is 0.978. The van der Waals surface area contributed by atoms with Crippen LogP contribution in [-0.4, -0.2) is 35.5 Å². The van der Waals surface area contributed by atoms with Crippen molar-refractivity contribution in [3.8, 4) is 0 Å². The van der Waals surface area contributed by atoms with E-state index in [1.54, 1.807) is 4.90 Å². The van der Waals surface area contributed by atoms with Crippen LogP contribution in [0.4, 0.5) is 4.79 Å². The SMILES string of the molecule is CC(C)(C)OC(=O)N1CC2C(=O)CCC(c3ccccc3)(c3ccccc3)C2C1. The van der Waals surface area contributed by atoms with Gasteiger partial charge in [0.1, 0.15) is 11.4 Å². The van der Waals surface area contributed by atoms with Gasteiger partial charge in [-0.25, -0.2) is 4.79 Å². The highest BCUT2D eigenvalue weighted by Gasteiger charge is 2.55. The Morgan fingerprint density at radius 3 is 2.03 bits per heavy atom. The number of hydrogen-bond donors (Lipinski definition) is 0. The second kappa shape index (κ2) is 7.33. The molecule has 0 spiro atoms. The van der Waals surface area contributed by atoms with Gasteiger partial charge in [-0.2, -0.15) is 0 Å². The fourth-order valence-corrected chi connectivity index (χ4v) is 5.15. The number of hydrogen-bond acceptors (Lipinski definition) is 3.